The van der Waals surface area contributed by atoms with Gasteiger partial charge in [0.25, 0.3) is 5.92 Å². The van der Waals surface area contributed by atoms with Crippen LogP contribution in [0.15, 0.2) is 46.0 Å². The lowest BCUT2D eigenvalue weighted by Crippen LogP contribution is -2.45. The molecule has 14 heteroatoms. The van der Waals surface area contributed by atoms with Crippen LogP contribution in [0.25, 0.3) is 0 Å². The van der Waals surface area contributed by atoms with Crippen LogP contribution in [0.1, 0.15) is 41.9 Å². The van der Waals surface area contributed by atoms with Crippen molar-refractivity contribution in [3.63, 3.8) is 0 Å². The first-order valence-electron chi connectivity index (χ1n) is 14.0. The van der Waals surface area contributed by atoms with Crippen molar-refractivity contribution in [1.29, 1.82) is 0 Å². The number of carboxylic acids is 1. The van der Waals surface area contributed by atoms with Gasteiger partial charge in [0.1, 0.15) is 17.3 Å². The molecule has 1 amide bonds. The van der Waals surface area contributed by atoms with E-state index in [-0.39, 0.29) is 55.9 Å². The summed E-state index contributed by atoms with van der Waals surface area (Å²) in [5.41, 5.74) is -0.503. The number of amides is 1. The van der Waals surface area contributed by atoms with Crippen LogP contribution in [0.5, 0.6) is 0 Å². The molecule has 1 aliphatic carbocycles. The number of carbonyl (C=O) groups excluding carboxylic acids is 2. The van der Waals surface area contributed by atoms with E-state index in [1.807, 2.05) is 0 Å². The van der Waals surface area contributed by atoms with E-state index in [0.29, 0.717) is 16.4 Å². The van der Waals surface area contributed by atoms with Gasteiger partial charge in [-0.25, -0.2) is 22.9 Å². The molecule has 3 fully saturated rings. The molecule has 2 saturated heterocycles. The molecule has 0 spiro atoms. The number of rotatable bonds is 8. The standard InChI is InChI=1S/C29H30F3N5O5S/c1-3-42-25(38)21-19(34-23(24-33-9-10-43-24)35-22(21)16-5-4-6-18(30)15(16)2)12-37-14-29(31,32)17-11-36(13-20(17)37)26(39)28(7-8-28)27(40)41/h4-6,9-10,17,20,22H,3,7-8,11-14H2,1-2H3,(H,34,35)(H,40,41)/t17-,20+,22+/m1/s1. The molecule has 3 aliphatic heterocycles. The summed E-state index contributed by atoms with van der Waals surface area (Å²) in [6.45, 7) is 2.18. The van der Waals surface area contributed by atoms with Crippen molar-refractivity contribution in [1.82, 2.24) is 20.1 Å². The molecule has 6 rings (SSSR count). The molecule has 0 bridgehead atoms. The lowest BCUT2D eigenvalue weighted by Gasteiger charge is -2.32. The minimum Gasteiger partial charge on any atom is -0.480 e. The smallest absolute Gasteiger partial charge is 0.338 e. The summed E-state index contributed by atoms with van der Waals surface area (Å²) < 4.78 is 50.9. The zero-order valence-electron chi connectivity index (χ0n) is 23.5. The lowest BCUT2D eigenvalue weighted by molar-refractivity contribution is -0.153. The minimum absolute atomic E-state index is 0.0440. The van der Waals surface area contributed by atoms with Crippen LogP contribution < -0.4 is 5.32 Å². The van der Waals surface area contributed by atoms with Crippen LogP contribution >= 0.6 is 11.3 Å². The van der Waals surface area contributed by atoms with Gasteiger partial charge in [-0.2, -0.15) is 0 Å². The van der Waals surface area contributed by atoms with Crippen molar-refractivity contribution >= 4 is 35.0 Å². The van der Waals surface area contributed by atoms with Gasteiger partial charge in [0.05, 0.1) is 24.6 Å². The Hall–Kier alpha value is -3.78. The summed E-state index contributed by atoms with van der Waals surface area (Å²) in [6, 6.07) is 2.69. The van der Waals surface area contributed by atoms with Crippen molar-refractivity contribution in [3.8, 4) is 0 Å². The third-order valence-corrected chi connectivity index (χ3v) is 9.57. The first-order chi connectivity index (χ1) is 20.5. The van der Waals surface area contributed by atoms with Crippen LogP contribution in [0.3, 0.4) is 0 Å². The fourth-order valence-electron chi connectivity index (χ4n) is 6.33. The average molecular weight is 618 g/mol. The maximum atomic E-state index is 15.4. The highest BCUT2D eigenvalue weighted by atomic mass is 32.1. The second kappa shape index (κ2) is 10.7. The third kappa shape index (κ3) is 4.99. The van der Waals surface area contributed by atoms with Gasteiger partial charge in [-0.3, -0.25) is 19.5 Å². The number of carbonyl (C=O) groups is 3. The normalized spacial score (nSPS) is 25.7. The van der Waals surface area contributed by atoms with Crippen molar-refractivity contribution < 1.29 is 37.4 Å². The summed E-state index contributed by atoms with van der Waals surface area (Å²) in [5, 5.41) is 15.0. The summed E-state index contributed by atoms with van der Waals surface area (Å²) in [4.78, 5) is 50.1. The summed E-state index contributed by atoms with van der Waals surface area (Å²) in [6.07, 6.45) is 1.95. The Bertz CT molecular complexity index is 1540. The molecule has 2 N–H and O–H groups in total. The molecule has 1 aromatic carbocycles. The number of ether oxygens (including phenoxy) is 1. The number of halogens is 3. The summed E-state index contributed by atoms with van der Waals surface area (Å²) in [7, 11) is 0. The number of nitrogens with one attached hydrogen (secondary N) is 1. The Morgan fingerprint density at radius 1 is 1.23 bits per heavy atom. The molecule has 228 valence electrons. The van der Waals surface area contributed by atoms with Gasteiger partial charge in [-0.15, -0.1) is 11.3 Å². The Morgan fingerprint density at radius 3 is 2.65 bits per heavy atom. The number of benzene rings is 1. The quantitative estimate of drug-likeness (QED) is 0.342. The van der Waals surface area contributed by atoms with Gasteiger partial charge in [-0.1, -0.05) is 12.1 Å². The van der Waals surface area contributed by atoms with E-state index in [4.69, 9.17) is 9.73 Å². The predicted molar refractivity (Wildman–Crippen MR) is 149 cm³/mol. The van der Waals surface area contributed by atoms with Gasteiger partial charge >= 0.3 is 11.9 Å². The lowest BCUT2D eigenvalue weighted by atomic mass is 9.92. The number of fused-ring (bicyclic) bond motifs is 1. The SMILES string of the molecule is CCOC(=O)C1=C(CN2CC(F)(F)[C@@H]3CN(C(=O)C4(C(=O)O)CC4)C[C@@H]32)NC(c2nccs2)=N[C@H]1c1cccc(F)c1C. The highest BCUT2D eigenvalue weighted by Gasteiger charge is 2.64. The number of hydrogen-bond acceptors (Lipinski definition) is 9. The summed E-state index contributed by atoms with van der Waals surface area (Å²) in [5.74, 6) is -7.14. The van der Waals surface area contributed by atoms with Crippen LogP contribution in [0.4, 0.5) is 13.2 Å². The van der Waals surface area contributed by atoms with Crippen molar-refractivity contribution in [2.45, 2.75) is 44.7 Å². The molecule has 0 unspecified atom stereocenters. The number of aliphatic carboxylic acids is 1. The zero-order chi connectivity index (χ0) is 30.7. The Labute approximate surface area is 249 Å². The number of likely N-dealkylation sites (tertiary alicyclic amines) is 2. The number of alkyl halides is 2. The second-order valence-electron chi connectivity index (χ2n) is 11.3. The monoisotopic (exact) mass is 617 g/mol. The summed E-state index contributed by atoms with van der Waals surface area (Å²) >= 11 is 1.28. The van der Waals surface area contributed by atoms with Gasteiger partial charge < -0.3 is 20.1 Å². The second-order valence-corrected chi connectivity index (χ2v) is 12.2. The first-order valence-corrected chi connectivity index (χ1v) is 14.9. The number of thiazole rings is 1. The molecular weight excluding hydrogens is 587 g/mol. The minimum atomic E-state index is -3.16. The highest BCUT2D eigenvalue weighted by molar-refractivity contribution is 7.11. The molecular formula is C29H30F3N5O5S. The fourth-order valence-corrected chi connectivity index (χ4v) is 6.92. The van der Waals surface area contributed by atoms with E-state index >= 15 is 8.78 Å². The van der Waals surface area contributed by atoms with Crippen molar-refractivity contribution in [2.24, 2.45) is 16.3 Å². The average Bonchev–Trinajstić information content (AvgIpc) is 3.28. The fraction of sp³-hybridized carbons (Fsp3) is 0.483. The molecule has 0 radical (unpaired) electrons. The van der Waals surface area contributed by atoms with E-state index in [1.54, 1.807) is 31.5 Å². The van der Waals surface area contributed by atoms with E-state index < -0.39 is 59.5 Å². The van der Waals surface area contributed by atoms with Gasteiger partial charge in [-0.05, 0) is 43.9 Å². The Balaban J connectivity index is 1.38. The highest BCUT2D eigenvalue weighted by Crippen LogP contribution is 2.50. The molecule has 10 nitrogen and oxygen atoms in total. The molecule has 43 heavy (non-hydrogen) atoms. The van der Waals surface area contributed by atoms with E-state index in [2.05, 4.69) is 10.3 Å². The van der Waals surface area contributed by atoms with Crippen LogP contribution in [0.2, 0.25) is 0 Å². The number of aliphatic imine (C=N–C) groups is 1. The molecule has 3 atom stereocenters. The number of carboxylic acid groups (broad SMARTS) is 1. The maximum Gasteiger partial charge on any atom is 0.338 e. The van der Waals surface area contributed by atoms with Crippen LogP contribution in [-0.4, -0.2) is 88.3 Å². The molecule has 4 aliphatic rings. The Kier molecular flexibility index (Phi) is 7.32. The van der Waals surface area contributed by atoms with E-state index in [1.165, 1.54) is 33.3 Å². The zero-order valence-corrected chi connectivity index (χ0v) is 24.3. The predicted octanol–water partition coefficient (Wildman–Crippen LogP) is 3.14. The van der Waals surface area contributed by atoms with Gasteiger partial charge in [0.15, 0.2) is 10.8 Å². The van der Waals surface area contributed by atoms with E-state index in [9.17, 15) is 23.9 Å². The maximum absolute atomic E-state index is 15.4. The number of hydrogen-bond donors (Lipinski definition) is 2. The number of amidine groups is 1. The van der Waals surface area contributed by atoms with Crippen LogP contribution in [0, 0.1) is 24.1 Å². The molecule has 1 saturated carbocycles. The molecule has 4 heterocycles. The van der Waals surface area contributed by atoms with E-state index in [0.717, 1.165) is 0 Å². The molecule has 1 aromatic heterocycles. The Morgan fingerprint density at radius 2 is 2.00 bits per heavy atom. The number of nitrogens with zero attached hydrogens (tertiary/aromatic N) is 4. The van der Waals surface area contributed by atoms with Crippen molar-refractivity contribution in [3.05, 3.63) is 63.0 Å². The van der Waals surface area contributed by atoms with Gasteiger partial charge in [0.2, 0.25) is 5.91 Å². The molecule has 2 aromatic rings. The topological polar surface area (TPSA) is 124 Å². The van der Waals surface area contributed by atoms with Crippen molar-refractivity contribution in [2.75, 3.05) is 32.8 Å². The van der Waals surface area contributed by atoms with Gasteiger partial charge in [0, 0.05) is 43.0 Å². The van der Waals surface area contributed by atoms with Crippen LogP contribution in [-0.2, 0) is 19.1 Å². The largest absolute Gasteiger partial charge is 0.480 e. The number of esters is 1. The third-order valence-electron chi connectivity index (χ3n) is 8.79. The first kappa shape index (κ1) is 29.3. The number of aromatic nitrogens is 1.